The lowest BCUT2D eigenvalue weighted by atomic mass is 9.43. The molecule has 10 aliphatic rings. The van der Waals surface area contributed by atoms with Crippen LogP contribution in [0.4, 0.5) is 0 Å². The topological polar surface area (TPSA) is 116 Å². The molecule has 1 aromatic rings. The van der Waals surface area contributed by atoms with Crippen molar-refractivity contribution in [3.05, 3.63) is 52.7 Å². The summed E-state index contributed by atoms with van der Waals surface area (Å²) >= 11 is 0. The third-order valence-electron chi connectivity index (χ3n) is 21.3. The van der Waals surface area contributed by atoms with Crippen LogP contribution in [0.15, 0.2) is 52.7 Å². The number of aliphatic hydroxyl groups is 4. The van der Waals surface area contributed by atoms with E-state index in [-0.39, 0.29) is 52.7 Å². The zero-order chi connectivity index (χ0) is 44.6. The fourth-order valence-electron chi connectivity index (χ4n) is 18.8. The number of imidazole rings is 1. The van der Waals surface area contributed by atoms with E-state index in [4.69, 9.17) is 0 Å². The summed E-state index contributed by atoms with van der Waals surface area (Å²) in [6.45, 7) is 12.0. The third kappa shape index (κ3) is 6.61. The molecule has 0 aromatic carbocycles. The van der Waals surface area contributed by atoms with Gasteiger partial charge in [-0.1, -0.05) is 104 Å². The Morgan fingerprint density at radius 1 is 0.875 bits per heavy atom. The normalized spacial score (nSPS) is 46.0. The molecule has 1 spiro atoms. The Balaban J connectivity index is 1.06. The summed E-state index contributed by atoms with van der Waals surface area (Å²) in [5, 5.41) is 50.6. The van der Waals surface area contributed by atoms with Crippen LogP contribution in [-0.2, 0) is 4.79 Å². The predicted octanol–water partition coefficient (Wildman–Crippen LogP) is 11.2. The van der Waals surface area contributed by atoms with Crippen LogP contribution in [0.25, 0.3) is 0 Å². The van der Waals surface area contributed by atoms with Crippen molar-refractivity contribution in [1.82, 2.24) is 9.55 Å². The molecule has 0 radical (unpaired) electrons. The van der Waals surface area contributed by atoms with Crippen LogP contribution in [0, 0.1) is 74.9 Å². The first-order valence-electron chi connectivity index (χ1n) is 26.3. The van der Waals surface area contributed by atoms with E-state index in [1.54, 1.807) is 22.3 Å². The highest BCUT2D eigenvalue weighted by Crippen LogP contribution is 2.74. The van der Waals surface area contributed by atoms with Crippen LogP contribution >= 0.6 is 21.6 Å². The summed E-state index contributed by atoms with van der Waals surface area (Å²) in [5.41, 5.74) is 5.80. The van der Waals surface area contributed by atoms with Gasteiger partial charge in [-0.15, -0.1) is 0 Å². The highest BCUT2D eigenvalue weighted by Gasteiger charge is 2.72. The lowest BCUT2D eigenvalue weighted by Gasteiger charge is -2.63. The van der Waals surface area contributed by atoms with Gasteiger partial charge in [0, 0.05) is 59.0 Å². The van der Waals surface area contributed by atoms with Crippen LogP contribution in [0.2, 0.25) is 0 Å². The molecule has 1 aromatic heterocycles. The monoisotopic (exact) mass is 913 g/mol. The van der Waals surface area contributed by atoms with E-state index in [2.05, 4.69) is 50.4 Å². The maximum atomic E-state index is 14.8. The zero-order valence-electron chi connectivity index (χ0n) is 39.8. The SMILES string of the molecule is CC(C)CCCC12CC(O)C(O)CC1C(=O)C=C1C2CCC2(C)C3CC(CSSCC(n4ccnc4)CC(C)(C)C4=C5CCCC6(CCCC6)C5C5=C6C(CCC5)CC3C(O)C64)C12O. The van der Waals surface area contributed by atoms with Gasteiger partial charge in [-0.3, -0.25) is 4.79 Å². The molecular formula is C55H80N2O5S2. The second kappa shape index (κ2) is 16.4. The van der Waals surface area contributed by atoms with Crippen molar-refractivity contribution in [2.75, 3.05) is 11.5 Å². The van der Waals surface area contributed by atoms with E-state index < -0.39 is 34.7 Å². The average molecular weight is 913 g/mol. The van der Waals surface area contributed by atoms with E-state index in [0.717, 1.165) is 68.4 Å². The van der Waals surface area contributed by atoms with Gasteiger partial charge in [0.1, 0.15) is 0 Å². The highest BCUT2D eigenvalue weighted by molar-refractivity contribution is 8.76. The van der Waals surface area contributed by atoms with Crippen LogP contribution < -0.4 is 0 Å². The molecule has 352 valence electrons. The number of hydrogen-bond acceptors (Lipinski definition) is 8. The molecule has 15 unspecified atom stereocenters. The minimum absolute atomic E-state index is 0.0115. The van der Waals surface area contributed by atoms with Gasteiger partial charge in [-0.2, -0.15) is 0 Å². The molecule has 11 rings (SSSR count). The van der Waals surface area contributed by atoms with Crippen LogP contribution in [0.3, 0.4) is 0 Å². The van der Waals surface area contributed by atoms with Crippen LogP contribution in [0.5, 0.6) is 0 Å². The molecule has 64 heavy (non-hydrogen) atoms. The van der Waals surface area contributed by atoms with Gasteiger partial charge in [0.2, 0.25) is 0 Å². The molecule has 6 saturated carbocycles. The molecule has 9 heteroatoms. The quantitative estimate of drug-likeness (QED) is 0.171. The molecular weight excluding hydrogens is 833 g/mol. The van der Waals surface area contributed by atoms with Crippen LogP contribution in [-0.4, -0.2) is 71.2 Å². The Morgan fingerprint density at radius 3 is 2.41 bits per heavy atom. The van der Waals surface area contributed by atoms with Crippen LogP contribution in [0.1, 0.15) is 169 Å². The van der Waals surface area contributed by atoms with Gasteiger partial charge in [0.05, 0.1) is 30.2 Å². The Bertz CT molecular complexity index is 2070. The number of nitrogens with zero attached hydrogens (tertiary/aromatic N) is 2. The van der Waals surface area contributed by atoms with E-state index in [1.165, 1.54) is 64.2 Å². The van der Waals surface area contributed by atoms with E-state index in [0.29, 0.717) is 36.0 Å². The fourth-order valence-corrected chi connectivity index (χ4v) is 21.6. The van der Waals surface area contributed by atoms with Crippen molar-refractivity contribution in [2.45, 2.75) is 193 Å². The van der Waals surface area contributed by atoms with Crippen molar-refractivity contribution in [3.8, 4) is 0 Å². The molecule has 4 bridgehead atoms. The number of allylic oxidation sites excluding steroid dienone is 3. The van der Waals surface area contributed by atoms with Crippen molar-refractivity contribution >= 4 is 27.4 Å². The van der Waals surface area contributed by atoms with Crippen molar-refractivity contribution < 1.29 is 25.2 Å². The number of ketones is 1. The highest BCUT2D eigenvalue weighted by atomic mass is 33.1. The number of rotatable bonds is 5. The average Bonchev–Trinajstić information content (AvgIpc) is 4.01. The Morgan fingerprint density at radius 2 is 1.64 bits per heavy atom. The predicted molar refractivity (Wildman–Crippen MR) is 258 cm³/mol. The van der Waals surface area contributed by atoms with E-state index in [1.807, 2.05) is 40.2 Å². The summed E-state index contributed by atoms with van der Waals surface area (Å²) in [7, 11) is 3.87. The maximum Gasteiger partial charge on any atom is 0.159 e. The molecule has 7 fully saturated rings. The molecule has 1 aliphatic heterocycles. The number of fused-ring (bicyclic) bond motifs is 14. The maximum absolute atomic E-state index is 14.8. The largest absolute Gasteiger partial charge is 0.392 e. The van der Waals surface area contributed by atoms with Gasteiger partial charge in [-0.25, -0.2) is 4.98 Å². The Kier molecular flexibility index (Phi) is 11.5. The van der Waals surface area contributed by atoms with Gasteiger partial charge in [-0.05, 0) is 160 Å². The minimum atomic E-state index is -1.20. The first-order chi connectivity index (χ1) is 30.6. The van der Waals surface area contributed by atoms with Gasteiger partial charge in [0.15, 0.2) is 5.78 Å². The second-order valence-electron chi connectivity index (χ2n) is 25.0. The van der Waals surface area contributed by atoms with Crippen molar-refractivity contribution in [1.29, 1.82) is 0 Å². The molecule has 0 amide bonds. The standard InChI is InChI=1S/C55H80N2O5S2/c1-32(2)11-9-19-54-28-45(60)44(59)26-42(54)43(58)25-41-39(54)15-20-52(5)40-24-34(55(41,52)62)29-63-64-30-35(57-22-21-56-31-57)27-51(3,4)49-37-14-10-18-53(16-6-7-17-53)48(37)36-13-8-12-33-23-38(40)50(61)47(49)46(33)36/h21-22,25,31-35,38-40,42,44-45,47-48,50,59-62H,6-20,23-24,26-30H2,1-5H3. The van der Waals surface area contributed by atoms with Gasteiger partial charge in [0.25, 0.3) is 0 Å². The number of carbonyl (C=O) groups excluding carboxylic acids is 1. The fraction of sp³-hybridized carbons (Fsp3) is 0.818. The first kappa shape index (κ1) is 45.1. The Labute approximate surface area is 392 Å². The minimum Gasteiger partial charge on any atom is -0.392 e. The smallest absolute Gasteiger partial charge is 0.159 e. The molecule has 2 heterocycles. The summed E-state index contributed by atoms with van der Waals surface area (Å²) < 4.78 is 2.35. The lowest BCUT2D eigenvalue weighted by molar-refractivity contribution is -0.165. The van der Waals surface area contributed by atoms with E-state index >= 15 is 0 Å². The molecule has 9 aliphatic carbocycles. The molecule has 4 N–H and O–H groups in total. The van der Waals surface area contributed by atoms with Gasteiger partial charge < -0.3 is 25.0 Å². The molecule has 15 atom stereocenters. The number of aromatic nitrogens is 2. The third-order valence-corrected chi connectivity index (χ3v) is 23.8. The summed E-state index contributed by atoms with van der Waals surface area (Å²) in [4.78, 5) is 19.4. The number of hydrogen-bond donors (Lipinski definition) is 4. The van der Waals surface area contributed by atoms with Gasteiger partial charge >= 0.3 is 0 Å². The number of aliphatic hydroxyl groups excluding tert-OH is 3. The first-order valence-corrected chi connectivity index (χ1v) is 28.8. The zero-order valence-corrected chi connectivity index (χ0v) is 41.4. The second-order valence-corrected chi connectivity index (χ2v) is 27.6. The summed E-state index contributed by atoms with van der Waals surface area (Å²) in [6.07, 6.45) is 26.8. The summed E-state index contributed by atoms with van der Waals surface area (Å²) in [6, 6.07) is 0.237. The Hall–Kier alpha value is -1.36. The van der Waals surface area contributed by atoms with Crippen molar-refractivity contribution in [3.63, 3.8) is 0 Å². The lowest BCUT2D eigenvalue weighted by Crippen LogP contribution is -2.63. The van der Waals surface area contributed by atoms with E-state index in [9.17, 15) is 25.2 Å². The van der Waals surface area contributed by atoms with Crippen molar-refractivity contribution in [2.24, 2.45) is 74.9 Å². The molecule has 1 saturated heterocycles. The number of carbonyl (C=O) groups is 1. The molecule has 7 nitrogen and oxygen atoms in total. The summed E-state index contributed by atoms with van der Waals surface area (Å²) in [5.74, 6) is 3.17.